The molecule has 29 heavy (non-hydrogen) atoms. The Morgan fingerprint density at radius 3 is 1.79 bits per heavy atom. The summed E-state index contributed by atoms with van der Waals surface area (Å²) >= 11 is -0.0737. The van der Waals surface area contributed by atoms with Gasteiger partial charge >= 0.3 is 21.2 Å². The topological polar surface area (TPSA) is 66.4 Å². The van der Waals surface area contributed by atoms with Crippen molar-refractivity contribution in [1.29, 1.82) is 0 Å². The van der Waals surface area contributed by atoms with Crippen molar-refractivity contribution in [1.82, 2.24) is 0 Å². The molecule has 0 aromatic heterocycles. The molecule has 3 rings (SSSR count). The third-order valence-corrected chi connectivity index (χ3v) is 7.23. The van der Waals surface area contributed by atoms with Crippen LogP contribution in [-0.4, -0.2) is 18.6 Å². The molecule has 0 amide bonds. The lowest BCUT2D eigenvalue weighted by Gasteiger charge is -2.20. The molecule has 0 radical (unpaired) electrons. The van der Waals surface area contributed by atoms with E-state index in [4.69, 9.17) is 4.74 Å². The number of hydrogen-bond donors (Lipinski definition) is 0. The maximum absolute atomic E-state index is 10.5. The first-order valence-corrected chi connectivity index (χ1v) is 12.6. The minimum Gasteiger partial charge on any atom is -0.744 e. The summed E-state index contributed by atoms with van der Waals surface area (Å²) in [6.45, 7) is 7.79. The summed E-state index contributed by atoms with van der Waals surface area (Å²) in [6.07, 6.45) is 0. The minimum absolute atomic E-state index is 0.0737. The Balaban J connectivity index is 0.000000234. The van der Waals surface area contributed by atoms with E-state index in [1.807, 2.05) is 0 Å². The highest BCUT2D eigenvalue weighted by Gasteiger charge is 2.16. The van der Waals surface area contributed by atoms with Gasteiger partial charge in [0.1, 0.15) is 21.5 Å². The summed E-state index contributed by atoms with van der Waals surface area (Å²) in [4.78, 5) is -0.139. The van der Waals surface area contributed by atoms with E-state index in [9.17, 15) is 13.0 Å². The van der Waals surface area contributed by atoms with Crippen molar-refractivity contribution in [3.05, 3.63) is 91.6 Å². The Bertz CT molecular complexity index is 1010. The molecule has 4 nitrogen and oxygen atoms in total. The van der Waals surface area contributed by atoms with Gasteiger partial charge in [-0.1, -0.05) is 36.4 Å². The molecule has 0 aliphatic heterocycles. The molecule has 0 N–H and O–H groups in total. The highest BCUT2D eigenvalue weighted by molar-refractivity contribution is 7.85. The largest absolute Gasteiger partial charge is 0.744 e. The van der Waals surface area contributed by atoms with E-state index < -0.39 is 10.1 Å². The molecule has 0 atom stereocenters. The van der Waals surface area contributed by atoms with Crippen LogP contribution in [0.3, 0.4) is 0 Å². The van der Waals surface area contributed by atoms with Gasteiger partial charge in [0.05, 0.1) is 4.90 Å². The highest BCUT2D eigenvalue weighted by atomic mass is 127. The van der Waals surface area contributed by atoms with Gasteiger partial charge in [0.15, 0.2) is 7.14 Å². The highest BCUT2D eigenvalue weighted by Crippen LogP contribution is 2.16. The maximum Gasteiger partial charge on any atom is 0.357 e. The van der Waals surface area contributed by atoms with Gasteiger partial charge in [0, 0.05) is 0 Å². The monoisotopic (exact) mass is 524 g/mol. The van der Waals surface area contributed by atoms with Crippen molar-refractivity contribution in [2.45, 2.75) is 38.2 Å². The van der Waals surface area contributed by atoms with Crippen LogP contribution in [0.25, 0.3) is 0 Å². The van der Waals surface area contributed by atoms with Crippen molar-refractivity contribution in [2.75, 3.05) is 0 Å². The lowest BCUT2D eigenvalue weighted by Crippen LogP contribution is -3.61. The fraction of sp³-hybridized carbons (Fsp3) is 0.217. The Morgan fingerprint density at radius 1 is 0.793 bits per heavy atom. The quantitative estimate of drug-likeness (QED) is 0.387. The third-order valence-electron chi connectivity index (χ3n) is 3.55. The molecule has 154 valence electrons. The average molecular weight is 524 g/mol. The van der Waals surface area contributed by atoms with E-state index >= 15 is 0 Å². The van der Waals surface area contributed by atoms with Crippen LogP contribution in [0.4, 0.5) is 0 Å². The maximum atomic E-state index is 10.5. The molecule has 0 unspecified atom stereocenters. The number of benzene rings is 3. The molecule has 0 fully saturated rings. The van der Waals surface area contributed by atoms with E-state index in [-0.39, 0.29) is 31.7 Å². The van der Waals surface area contributed by atoms with Gasteiger partial charge in [-0.05, 0) is 75.7 Å². The lowest BCUT2D eigenvalue weighted by molar-refractivity contribution is -0.597. The first-order valence-electron chi connectivity index (χ1n) is 9.05. The normalized spacial score (nSPS) is 11.3. The van der Waals surface area contributed by atoms with E-state index in [0.717, 1.165) is 5.75 Å². The molecule has 0 spiro atoms. The molecule has 0 bridgehead atoms. The van der Waals surface area contributed by atoms with Crippen molar-refractivity contribution in [3.63, 3.8) is 0 Å². The van der Waals surface area contributed by atoms with Gasteiger partial charge in [0.2, 0.25) is 0 Å². The summed E-state index contributed by atoms with van der Waals surface area (Å²) in [5.74, 6) is 0.948. The summed E-state index contributed by atoms with van der Waals surface area (Å²) in [6, 6.07) is 25.3. The second kappa shape index (κ2) is 10.2. The predicted molar refractivity (Wildman–Crippen MR) is 110 cm³/mol. The summed E-state index contributed by atoms with van der Waals surface area (Å²) in [5.41, 5.74) is 0.359. The van der Waals surface area contributed by atoms with Gasteiger partial charge in [-0.25, -0.2) is 8.42 Å². The van der Waals surface area contributed by atoms with E-state index in [1.165, 1.54) is 19.3 Å². The second-order valence-corrected chi connectivity index (χ2v) is 11.7. The Labute approximate surface area is 184 Å². The Kier molecular flexibility index (Phi) is 8.24. The van der Waals surface area contributed by atoms with Crippen LogP contribution in [0.5, 0.6) is 5.75 Å². The predicted octanol–water partition coefficient (Wildman–Crippen LogP) is 1.89. The molecule has 0 aliphatic rings. The van der Waals surface area contributed by atoms with Crippen molar-refractivity contribution >= 4 is 10.1 Å². The van der Waals surface area contributed by atoms with Gasteiger partial charge in [-0.3, -0.25) is 0 Å². The number of halogens is 1. The van der Waals surface area contributed by atoms with Crippen LogP contribution in [0.15, 0.2) is 83.8 Å². The van der Waals surface area contributed by atoms with E-state index in [2.05, 4.69) is 75.4 Å². The third kappa shape index (κ3) is 8.55. The summed E-state index contributed by atoms with van der Waals surface area (Å²) in [7, 11) is -4.28. The molecule has 0 saturated carbocycles. The SMILES string of the molecule is CC(C)(C)Oc1ccc([I+]c2ccccc2)cc1.Cc1ccccc1S(=O)(=O)[O-]. The smallest absolute Gasteiger partial charge is 0.357 e. The van der Waals surface area contributed by atoms with E-state index in [0.29, 0.717) is 5.56 Å². The van der Waals surface area contributed by atoms with Crippen LogP contribution in [-0.2, 0) is 10.1 Å². The molecule has 3 aromatic carbocycles. The molecule has 3 aromatic rings. The number of ether oxygens (including phenoxy) is 1. The zero-order valence-electron chi connectivity index (χ0n) is 16.9. The van der Waals surface area contributed by atoms with Crippen molar-refractivity contribution in [2.24, 2.45) is 0 Å². The van der Waals surface area contributed by atoms with Gasteiger partial charge in [0.25, 0.3) is 0 Å². The zero-order valence-corrected chi connectivity index (χ0v) is 19.9. The van der Waals surface area contributed by atoms with E-state index in [1.54, 1.807) is 19.1 Å². The molecule has 6 heteroatoms. The standard InChI is InChI=1S/C16H18IO.C7H8O3S/c1-16(2,3)18-15-11-9-14(10-12-15)17-13-7-5-4-6-8-13;1-6-4-2-3-5-7(6)11(8,9)10/h4-12H,1-3H3;2-5H,1H3,(H,8,9,10)/q+1;/p-1. The van der Waals surface area contributed by atoms with Crippen LogP contribution in [0, 0.1) is 14.1 Å². The summed E-state index contributed by atoms with van der Waals surface area (Å²) in [5, 5.41) is 0. The van der Waals surface area contributed by atoms with Crippen LogP contribution in [0.2, 0.25) is 0 Å². The van der Waals surface area contributed by atoms with Crippen molar-refractivity contribution in [3.8, 4) is 5.75 Å². The number of rotatable bonds is 4. The first kappa shape index (κ1) is 23.4. The molecule has 0 aliphatic carbocycles. The second-order valence-electron chi connectivity index (χ2n) is 7.28. The number of aryl methyl sites for hydroxylation is 1. The van der Waals surface area contributed by atoms with Crippen LogP contribution >= 0.6 is 0 Å². The molecular formula is C23H25IO4S. The summed E-state index contributed by atoms with van der Waals surface area (Å²) < 4.78 is 40.2. The number of hydrogen-bond acceptors (Lipinski definition) is 4. The fourth-order valence-electron chi connectivity index (χ4n) is 2.36. The zero-order chi connectivity index (χ0) is 21.5. The van der Waals surface area contributed by atoms with Gasteiger partial charge < -0.3 is 9.29 Å². The average Bonchev–Trinajstić information content (AvgIpc) is 2.63. The van der Waals surface area contributed by atoms with Gasteiger partial charge in [-0.2, -0.15) is 0 Å². The molecular weight excluding hydrogens is 499 g/mol. The van der Waals surface area contributed by atoms with Gasteiger partial charge in [-0.15, -0.1) is 0 Å². The Hall–Kier alpha value is -1.90. The Morgan fingerprint density at radius 2 is 1.31 bits per heavy atom. The first-order chi connectivity index (χ1) is 13.5. The van der Waals surface area contributed by atoms with Crippen LogP contribution in [0.1, 0.15) is 26.3 Å². The lowest BCUT2D eigenvalue weighted by atomic mass is 10.2. The van der Waals surface area contributed by atoms with Crippen LogP contribution < -0.4 is 25.9 Å². The molecule has 0 saturated heterocycles. The minimum atomic E-state index is -4.28. The fourth-order valence-corrected chi connectivity index (χ4v) is 5.28. The van der Waals surface area contributed by atoms with Crippen molar-refractivity contribution < 1.29 is 38.9 Å². The molecule has 0 heterocycles.